The van der Waals surface area contributed by atoms with Crippen molar-refractivity contribution < 1.29 is 9.47 Å². The molecule has 0 amide bonds. The Morgan fingerprint density at radius 1 is 1.18 bits per heavy atom. The smallest absolute Gasteiger partial charge is 0.191 e. The highest BCUT2D eigenvalue weighted by atomic mass is 127. The van der Waals surface area contributed by atoms with E-state index in [0.717, 1.165) is 29.6 Å². The Morgan fingerprint density at radius 3 is 2.54 bits per heavy atom. The van der Waals surface area contributed by atoms with Crippen molar-refractivity contribution in [1.82, 2.24) is 15.5 Å². The van der Waals surface area contributed by atoms with E-state index in [1.54, 1.807) is 7.11 Å². The van der Waals surface area contributed by atoms with Gasteiger partial charge in [0.05, 0.1) is 20.3 Å². The Hall–Kier alpha value is -1.22. The van der Waals surface area contributed by atoms with E-state index in [9.17, 15) is 0 Å². The van der Waals surface area contributed by atoms with Gasteiger partial charge in [0.15, 0.2) is 17.5 Å². The molecule has 1 aliphatic heterocycles. The number of hydrogen-bond acceptors (Lipinski definition) is 4. The molecule has 0 aliphatic carbocycles. The lowest BCUT2D eigenvalue weighted by atomic mass is 10.1. The Morgan fingerprint density at radius 2 is 1.93 bits per heavy atom. The predicted octanol–water partition coefficient (Wildman–Crippen LogP) is 3.64. The van der Waals surface area contributed by atoms with E-state index in [2.05, 4.69) is 29.4 Å². The molecule has 160 valence electrons. The number of hydrogen-bond donors (Lipinski definition) is 2. The van der Waals surface area contributed by atoms with Crippen LogP contribution in [0.1, 0.15) is 45.6 Å². The fourth-order valence-electron chi connectivity index (χ4n) is 3.39. The molecule has 1 aliphatic rings. The summed E-state index contributed by atoms with van der Waals surface area (Å²) in [4.78, 5) is 7.32. The molecule has 1 fully saturated rings. The summed E-state index contributed by atoms with van der Waals surface area (Å²) in [6.07, 6.45) is 3.57. The number of aliphatic imine (C=N–C) groups is 1. The van der Waals surface area contributed by atoms with Crippen molar-refractivity contribution in [2.24, 2.45) is 4.99 Å². The first-order valence-electron chi connectivity index (χ1n) is 10.3. The van der Waals surface area contributed by atoms with Gasteiger partial charge >= 0.3 is 0 Å². The highest BCUT2D eigenvalue weighted by Gasteiger charge is 2.19. The van der Waals surface area contributed by atoms with Gasteiger partial charge in [-0.15, -0.1) is 24.0 Å². The molecule has 28 heavy (non-hydrogen) atoms. The van der Waals surface area contributed by atoms with E-state index < -0.39 is 0 Å². The average Bonchev–Trinajstić information content (AvgIpc) is 2.69. The Balaban J connectivity index is 0.00000392. The average molecular weight is 504 g/mol. The minimum atomic E-state index is 0. The van der Waals surface area contributed by atoms with Crippen molar-refractivity contribution in [3.05, 3.63) is 23.8 Å². The number of nitrogens with zero attached hydrogens (tertiary/aromatic N) is 2. The van der Waals surface area contributed by atoms with Crippen molar-refractivity contribution in [2.45, 2.75) is 52.6 Å². The van der Waals surface area contributed by atoms with Gasteiger partial charge in [-0.2, -0.15) is 0 Å². The first kappa shape index (κ1) is 24.8. The molecular weight excluding hydrogens is 467 g/mol. The van der Waals surface area contributed by atoms with Crippen molar-refractivity contribution in [1.29, 1.82) is 0 Å². The zero-order valence-electron chi connectivity index (χ0n) is 17.8. The van der Waals surface area contributed by atoms with Crippen LogP contribution in [0.3, 0.4) is 0 Å². The van der Waals surface area contributed by atoms with Crippen molar-refractivity contribution in [3.8, 4) is 11.5 Å². The zero-order chi connectivity index (χ0) is 19.5. The fraction of sp³-hybridized carbons (Fsp3) is 0.667. The van der Waals surface area contributed by atoms with Crippen LogP contribution in [-0.2, 0) is 6.54 Å². The van der Waals surface area contributed by atoms with Gasteiger partial charge in [0, 0.05) is 25.7 Å². The zero-order valence-corrected chi connectivity index (χ0v) is 20.1. The van der Waals surface area contributed by atoms with Crippen LogP contribution in [-0.4, -0.2) is 56.8 Å². The minimum absolute atomic E-state index is 0. The van der Waals surface area contributed by atoms with E-state index in [1.807, 2.05) is 25.1 Å². The first-order valence-corrected chi connectivity index (χ1v) is 10.3. The summed E-state index contributed by atoms with van der Waals surface area (Å²) in [5.41, 5.74) is 1.10. The van der Waals surface area contributed by atoms with Gasteiger partial charge in [-0.25, -0.2) is 4.99 Å². The molecule has 7 heteroatoms. The van der Waals surface area contributed by atoms with Crippen molar-refractivity contribution in [3.63, 3.8) is 0 Å². The topological polar surface area (TPSA) is 58.1 Å². The molecule has 0 bridgehead atoms. The lowest BCUT2D eigenvalue weighted by molar-refractivity contribution is 0.206. The van der Waals surface area contributed by atoms with Gasteiger partial charge in [0.2, 0.25) is 0 Å². The second kappa shape index (κ2) is 13.9. The summed E-state index contributed by atoms with van der Waals surface area (Å²) in [5.74, 6) is 2.42. The Kier molecular flexibility index (Phi) is 12.3. The fourth-order valence-corrected chi connectivity index (χ4v) is 3.39. The third-order valence-corrected chi connectivity index (χ3v) is 4.76. The molecule has 2 rings (SSSR count). The maximum Gasteiger partial charge on any atom is 0.191 e. The molecule has 0 unspecified atom stereocenters. The predicted molar refractivity (Wildman–Crippen MR) is 127 cm³/mol. The van der Waals surface area contributed by atoms with Crippen LogP contribution < -0.4 is 20.1 Å². The quantitative estimate of drug-likeness (QED) is 0.306. The van der Waals surface area contributed by atoms with Gasteiger partial charge in [-0.1, -0.05) is 13.0 Å². The van der Waals surface area contributed by atoms with E-state index in [0.29, 0.717) is 19.2 Å². The maximum absolute atomic E-state index is 5.58. The van der Waals surface area contributed by atoms with Gasteiger partial charge in [-0.3, -0.25) is 0 Å². The molecule has 1 heterocycles. The second-order valence-corrected chi connectivity index (χ2v) is 6.87. The molecule has 1 aromatic rings. The first-order chi connectivity index (χ1) is 13.2. The largest absolute Gasteiger partial charge is 0.493 e. The molecule has 0 saturated carbocycles. The van der Waals surface area contributed by atoms with Crippen LogP contribution in [0.15, 0.2) is 23.2 Å². The van der Waals surface area contributed by atoms with Crippen molar-refractivity contribution in [2.75, 3.05) is 39.9 Å². The lowest BCUT2D eigenvalue weighted by Crippen LogP contribution is -2.48. The summed E-state index contributed by atoms with van der Waals surface area (Å²) in [7, 11) is 1.67. The van der Waals surface area contributed by atoms with Crippen LogP contribution in [0.4, 0.5) is 0 Å². The number of rotatable bonds is 9. The second-order valence-electron chi connectivity index (χ2n) is 6.87. The molecule has 0 spiro atoms. The van der Waals surface area contributed by atoms with Crippen LogP contribution in [0, 0.1) is 0 Å². The monoisotopic (exact) mass is 504 g/mol. The molecule has 6 nitrogen and oxygen atoms in total. The van der Waals surface area contributed by atoms with Gasteiger partial charge in [0.25, 0.3) is 0 Å². The highest BCUT2D eigenvalue weighted by Crippen LogP contribution is 2.28. The summed E-state index contributed by atoms with van der Waals surface area (Å²) < 4.78 is 11.0. The molecule has 0 radical (unpaired) electrons. The van der Waals surface area contributed by atoms with Crippen LogP contribution in [0.2, 0.25) is 0 Å². The molecule has 0 aromatic heterocycles. The highest BCUT2D eigenvalue weighted by molar-refractivity contribution is 14.0. The van der Waals surface area contributed by atoms with Gasteiger partial charge in [0.1, 0.15) is 0 Å². The maximum atomic E-state index is 5.58. The summed E-state index contributed by atoms with van der Waals surface area (Å²) in [6, 6.07) is 6.49. The van der Waals surface area contributed by atoms with Gasteiger partial charge in [-0.05, 0) is 57.4 Å². The third-order valence-electron chi connectivity index (χ3n) is 4.76. The van der Waals surface area contributed by atoms with Gasteiger partial charge < -0.3 is 25.0 Å². The van der Waals surface area contributed by atoms with Crippen LogP contribution in [0.25, 0.3) is 0 Å². The lowest BCUT2D eigenvalue weighted by Gasteiger charge is -2.32. The van der Waals surface area contributed by atoms with E-state index in [1.165, 1.54) is 38.9 Å². The normalized spacial score (nSPS) is 15.6. The number of nitrogens with one attached hydrogen (secondary N) is 2. The Bertz CT molecular complexity index is 590. The third kappa shape index (κ3) is 8.03. The molecular formula is C21H37IN4O2. The SMILES string of the molecule is CCCN1CCC(NC(=NCc2ccc(OCC)c(OC)c2)NCC)CC1.I. The summed E-state index contributed by atoms with van der Waals surface area (Å²) in [6.45, 7) is 11.9. The summed E-state index contributed by atoms with van der Waals surface area (Å²) >= 11 is 0. The van der Waals surface area contributed by atoms with Crippen LogP contribution >= 0.6 is 24.0 Å². The Labute approximate surface area is 187 Å². The number of likely N-dealkylation sites (tertiary alicyclic amines) is 1. The molecule has 1 aromatic carbocycles. The van der Waals surface area contributed by atoms with E-state index in [-0.39, 0.29) is 24.0 Å². The summed E-state index contributed by atoms with van der Waals surface area (Å²) in [5, 5.41) is 6.97. The number of benzene rings is 1. The molecule has 2 N–H and O–H groups in total. The van der Waals surface area contributed by atoms with Crippen LogP contribution in [0.5, 0.6) is 11.5 Å². The van der Waals surface area contributed by atoms with Crippen molar-refractivity contribution >= 4 is 29.9 Å². The number of halogens is 1. The van der Waals surface area contributed by atoms with E-state index >= 15 is 0 Å². The molecule has 0 atom stereocenters. The van der Waals surface area contributed by atoms with E-state index in [4.69, 9.17) is 14.5 Å². The number of piperidine rings is 1. The standard InChI is InChI=1S/C21H36N4O2.HI/c1-5-12-25-13-10-18(11-14-25)24-21(22-6-2)23-16-17-8-9-19(27-7-3)20(15-17)26-4;/h8-9,15,18H,5-7,10-14,16H2,1-4H3,(H2,22,23,24);1H. The number of guanidine groups is 1. The number of methoxy groups -OCH3 is 1. The molecule has 1 saturated heterocycles. The number of ether oxygens (including phenoxy) is 2. The minimum Gasteiger partial charge on any atom is -0.493 e.